The zero-order valence-electron chi connectivity index (χ0n) is 15.4. The third-order valence-electron chi connectivity index (χ3n) is 2.67. The van der Waals surface area contributed by atoms with Crippen LogP contribution in [0.15, 0.2) is 60.7 Å². The van der Waals surface area contributed by atoms with Gasteiger partial charge in [0.15, 0.2) is 0 Å². The van der Waals surface area contributed by atoms with E-state index in [0.717, 1.165) is 0 Å². The number of hydrogen-bond donors (Lipinski definition) is 6. The van der Waals surface area contributed by atoms with E-state index >= 15 is 0 Å². The molecule has 0 aliphatic carbocycles. The number of carbonyl (C=O) groups is 4. The highest BCUT2D eigenvalue weighted by Crippen LogP contribution is 2.09. The number of hydrogen-bond acceptors (Lipinski definition) is 6. The molecule has 0 aliphatic heterocycles. The van der Waals surface area contributed by atoms with Gasteiger partial charge in [-0.1, -0.05) is 0 Å². The minimum absolute atomic E-state index is 0. The summed E-state index contributed by atoms with van der Waals surface area (Å²) in [7, 11) is 0. The predicted molar refractivity (Wildman–Crippen MR) is 105 cm³/mol. The van der Waals surface area contributed by atoms with E-state index in [1.165, 1.54) is 48.5 Å². The van der Waals surface area contributed by atoms with Crippen molar-refractivity contribution >= 4 is 23.8 Å². The van der Waals surface area contributed by atoms with Crippen molar-refractivity contribution in [1.29, 1.82) is 0 Å². The molecule has 2 aromatic carbocycles. The van der Waals surface area contributed by atoms with Crippen molar-refractivity contribution in [3.63, 3.8) is 0 Å². The van der Waals surface area contributed by atoms with Gasteiger partial charge < -0.3 is 42.8 Å². The Morgan fingerprint density at radius 2 is 0.833 bits per heavy atom. The summed E-state index contributed by atoms with van der Waals surface area (Å²) in [5.74, 6) is -3.23. The van der Waals surface area contributed by atoms with Gasteiger partial charge in [-0.25, -0.2) is 9.59 Å². The molecule has 0 heterocycles. The quantitative estimate of drug-likeness (QED) is 0.331. The molecular formula is C18H22N2O10. The third kappa shape index (κ3) is 14.7. The van der Waals surface area contributed by atoms with Crippen LogP contribution in [0.25, 0.3) is 0 Å². The highest BCUT2D eigenvalue weighted by molar-refractivity contribution is 5.93. The number of aliphatic carboxylic acids is 2. The number of carboxylic acids is 2. The number of phenolic OH excluding ortho intramolecular Hbond substituents is 2. The van der Waals surface area contributed by atoms with Crippen LogP contribution in [-0.4, -0.2) is 55.1 Å². The Morgan fingerprint density at radius 3 is 1.00 bits per heavy atom. The molecule has 0 bridgehead atoms. The Labute approximate surface area is 169 Å². The lowest BCUT2D eigenvalue weighted by Crippen LogP contribution is -2.10. The second kappa shape index (κ2) is 15.6. The van der Waals surface area contributed by atoms with Crippen molar-refractivity contribution in [3.8, 4) is 11.5 Å². The number of carboxylic acid groups (broad SMARTS) is 2. The molecule has 164 valence electrons. The van der Waals surface area contributed by atoms with Crippen LogP contribution in [0.5, 0.6) is 11.5 Å². The lowest BCUT2D eigenvalue weighted by Gasteiger charge is -1.93. The monoisotopic (exact) mass is 426 g/mol. The number of amides is 2. The first-order chi connectivity index (χ1) is 13.0. The average molecular weight is 426 g/mol. The maximum atomic E-state index is 10.5. The van der Waals surface area contributed by atoms with Crippen molar-refractivity contribution in [2.75, 3.05) is 0 Å². The van der Waals surface area contributed by atoms with Gasteiger partial charge in [0, 0.05) is 23.3 Å². The van der Waals surface area contributed by atoms with E-state index in [1.54, 1.807) is 0 Å². The standard InChI is InChI=1S/2C7H7NO2.C4H4O4.2H2O/c2*8-7(10)5-1-3-6(9)4-2-5;5-3(6)1-2-4(7)8;;/h2*1-4,9H,(H2,8,10);1-2H,(H,5,6)(H,7,8);2*1H2/b;;2-1+;;. The van der Waals surface area contributed by atoms with Crippen LogP contribution in [0.1, 0.15) is 20.7 Å². The fraction of sp³-hybridized carbons (Fsp3) is 0. The smallest absolute Gasteiger partial charge is 0.328 e. The van der Waals surface area contributed by atoms with Crippen LogP contribution in [0.3, 0.4) is 0 Å². The molecule has 0 saturated heterocycles. The summed E-state index contributed by atoms with van der Waals surface area (Å²) in [6, 6.07) is 11.5. The summed E-state index contributed by atoms with van der Waals surface area (Å²) >= 11 is 0. The van der Waals surface area contributed by atoms with Gasteiger partial charge in [0.2, 0.25) is 11.8 Å². The number of phenols is 2. The predicted octanol–water partition coefficient (Wildman–Crippen LogP) is -0.955. The number of primary amides is 2. The van der Waals surface area contributed by atoms with Gasteiger partial charge in [-0.3, -0.25) is 9.59 Å². The van der Waals surface area contributed by atoms with Crippen LogP contribution < -0.4 is 11.5 Å². The molecule has 0 aliphatic rings. The van der Waals surface area contributed by atoms with E-state index < -0.39 is 23.8 Å². The Kier molecular flexibility index (Phi) is 15.8. The fourth-order valence-electron chi connectivity index (χ4n) is 1.39. The normalized spacial score (nSPS) is 8.67. The van der Waals surface area contributed by atoms with Gasteiger partial charge in [0.1, 0.15) is 11.5 Å². The molecule has 0 saturated carbocycles. The summed E-state index contributed by atoms with van der Waals surface area (Å²) in [5, 5.41) is 33.2. The highest BCUT2D eigenvalue weighted by atomic mass is 16.4. The van der Waals surface area contributed by atoms with Crippen LogP contribution in [0, 0.1) is 0 Å². The van der Waals surface area contributed by atoms with E-state index in [9.17, 15) is 19.2 Å². The summed E-state index contributed by atoms with van der Waals surface area (Å²) in [6.07, 6.45) is 1.12. The van der Waals surface area contributed by atoms with E-state index in [2.05, 4.69) is 0 Å². The van der Waals surface area contributed by atoms with E-state index in [-0.39, 0.29) is 22.5 Å². The van der Waals surface area contributed by atoms with Gasteiger partial charge in [-0.2, -0.15) is 0 Å². The van der Waals surface area contributed by atoms with Crippen LogP contribution in [-0.2, 0) is 9.59 Å². The molecule has 2 rings (SSSR count). The summed E-state index contributed by atoms with van der Waals surface area (Å²) < 4.78 is 0. The molecule has 0 spiro atoms. The first kappa shape index (κ1) is 30.3. The van der Waals surface area contributed by atoms with E-state index in [1.807, 2.05) is 0 Å². The Bertz CT molecular complexity index is 775. The van der Waals surface area contributed by atoms with Gasteiger partial charge in [-0.05, 0) is 48.5 Å². The maximum Gasteiger partial charge on any atom is 0.328 e. The molecule has 12 nitrogen and oxygen atoms in total. The molecule has 12 N–H and O–H groups in total. The summed E-state index contributed by atoms with van der Waals surface area (Å²) in [5.41, 5.74) is 10.7. The Morgan fingerprint density at radius 1 is 0.600 bits per heavy atom. The topological polar surface area (TPSA) is 264 Å². The Hall–Kier alpha value is -4.42. The number of benzene rings is 2. The average Bonchev–Trinajstić information content (AvgIpc) is 2.62. The second-order valence-electron chi connectivity index (χ2n) is 4.83. The zero-order chi connectivity index (χ0) is 21.7. The lowest BCUT2D eigenvalue weighted by molar-refractivity contribution is -0.134. The summed E-state index contributed by atoms with van der Waals surface area (Å²) in [6.45, 7) is 0. The number of carbonyl (C=O) groups excluding carboxylic acids is 2. The molecule has 0 radical (unpaired) electrons. The van der Waals surface area contributed by atoms with Gasteiger partial charge in [0.05, 0.1) is 0 Å². The molecule has 0 atom stereocenters. The number of rotatable bonds is 4. The molecule has 12 heteroatoms. The van der Waals surface area contributed by atoms with Crippen LogP contribution in [0.4, 0.5) is 0 Å². The molecule has 0 aromatic heterocycles. The molecule has 0 fully saturated rings. The van der Waals surface area contributed by atoms with Crippen LogP contribution in [0.2, 0.25) is 0 Å². The third-order valence-corrected chi connectivity index (χ3v) is 2.67. The molecule has 30 heavy (non-hydrogen) atoms. The van der Waals surface area contributed by atoms with Crippen LogP contribution >= 0.6 is 0 Å². The van der Waals surface area contributed by atoms with Gasteiger partial charge in [-0.15, -0.1) is 0 Å². The Balaban J connectivity index is -0.000000356. The zero-order valence-corrected chi connectivity index (χ0v) is 15.4. The number of nitrogens with two attached hydrogens (primary N) is 2. The fourth-order valence-corrected chi connectivity index (χ4v) is 1.39. The van der Waals surface area contributed by atoms with Crippen molar-refractivity contribution in [1.82, 2.24) is 0 Å². The summed E-state index contributed by atoms with van der Waals surface area (Å²) in [4.78, 5) is 40.0. The first-order valence-corrected chi connectivity index (χ1v) is 7.34. The van der Waals surface area contributed by atoms with Crippen molar-refractivity contribution in [2.45, 2.75) is 0 Å². The number of aromatic hydroxyl groups is 2. The van der Waals surface area contributed by atoms with Crippen molar-refractivity contribution in [3.05, 3.63) is 71.8 Å². The second-order valence-corrected chi connectivity index (χ2v) is 4.83. The molecule has 2 aromatic rings. The minimum atomic E-state index is -1.26. The SMILES string of the molecule is NC(=O)c1ccc(O)cc1.NC(=O)c1ccc(O)cc1.O.O.O=C(O)/C=C/C(=O)O. The van der Waals surface area contributed by atoms with Crippen molar-refractivity contribution < 1.29 is 50.6 Å². The largest absolute Gasteiger partial charge is 0.508 e. The molecular weight excluding hydrogens is 404 g/mol. The molecule has 0 unspecified atom stereocenters. The van der Waals surface area contributed by atoms with Gasteiger partial charge >= 0.3 is 11.9 Å². The van der Waals surface area contributed by atoms with E-state index in [0.29, 0.717) is 23.3 Å². The highest BCUT2D eigenvalue weighted by Gasteiger charge is 1.97. The minimum Gasteiger partial charge on any atom is -0.508 e. The lowest BCUT2D eigenvalue weighted by atomic mass is 10.2. The van der Waals surface area contributed by atoms with Crippen molar-refractivity contribution in [2.24, 2.45) is 11.5 Å². The first-order valence-electron chi connectivity index (χ1n) is 7.34. The van der Waals surface area contributed by atoms with E-state index in [4.69, 9.17) is 31.9 Å². The van der Waals surface area contributed by atoms with Gasteiger partial charge in [0.25, 0.3) is 0 Å². The maximum absolute atomic E-state index is 10.5. The molecule has 2 amide bonds.